The van der Waals surface area contributed by atoms with E-state index < -0.39 is 5.97 Å². The maximum atomic E-state index is 12.4. The Kier molecular flexibility index (Phi) is 5.69. The number of nitrogens with one attached hydrogen (secondary N) is 2. The van der Waals surface area contributed by atoms with Crippen molar-refractivity contribution >= 4 is 33.9 Å². The van der Waals surface area contributed by atoms with Gasteiger partial charge >= 0.3 is 5.97 Å². The lowest BCUT2D eigenvalue weighted by Crippen LogP contribution is -2.22. The summed E-state index contributed by atoms with van der Waals surface area (Å²) in [6.07, 6.45) is 0. The van der Waals surface area contributed by atoms with Crippen molar-refractivity contribution in [1.29, 1.82) is 0 Å². The van der Waals surface area contributed by atoms with E-state index in [1.165, 1.54) is 18.4 Å². The van der Waals surface area contributed by atoms with E-state index in [1.54, 1.807) is 11.6 Å². The molecule has 2 heterocycles. The van der Waals surface area contributed by atoms with E-state index in [2.05, 4.69) is 26.2 Å². The first-order valence-electron chi connectivity index (χ1n) is 8.48. The molecule has 2 N–H and O–H groups in total. The van der Waals surface area contributed by atoms with Crippen molar-refractivity contribution in [3.8, 4) is 5.69 Å². The Balaban J connectivity index is 1.68. The van der Waals surface area contributed by atoms with Crippen LogP contribution in [-0.2, 0) is 9.53 Å². The van der Waals surface area contributed by atoms with E-state index >= 15 is 0 Å². The number of tetrazole rings is 1. The summed E-state index contributed by atoms with van der Waals surface area (Å²) in [5.74, 6) is -0.0706. The highest BCUT2D eigenvalue weighted by atomic mass is 32.1. The van der Waals surface area contributed by atoms with Gasteiger partial charge in [-0.15, -0.1) is 16.4 Å². The van der Waals surface area contributed by atoms with Crippen LogP contribution in [0.3, 0.4) is 0 Å². The molecule has 2 aromatic heterocycles. The largest absolute Gasteiger partial charge is 0.465 e. The number of hydrogen-bond acceptors (Lipinski definition) is 8. The summed E-state index contributed by atoms with van der Waals surface area (Å²) >= 11 is 1.35. The Morgan fingerprint density at radius 3 is 2.71 bits per heavy atom. The van der Waals surface area contributed by atoms with Crippen LogP contribution in [0.5, 0.6) is 0 Å². The Labute approximate surface area is 165 Å². The second kappa shape index (κ2) is 8.17. The molecular weight excluding hydrogens is 380 g/mol. The molecule has 0 saturated carbocycles. The van der Waals surface area contributed by atoms with Crippen molar-refractivity contribution < 1.29 is 14.3 Å². The smallest absolute Gasteiger partial charge is 0.341 e. The molecule has 0 aliphatic heterocycles. The van der Waals surface area contributed by atoms with Crippen LogP contribution in [0.15, 0.2) is 24.3 Å². The minimum atomic E-state index is -0.463. The highest BCUT2D eigenvalue weighted by Gasteiger charge is 2.21. The van der Waals surface area contributed by atoms with Crippen LogP contribution in [-0.4, -0.2) is 45.7 Å². The number of hydrogen-bond donors (Lipinski definition) is 2. The fraction of sp³-hybridized carbons (Fsp3) is 0.278. The van der Waals surface area contributed by atoms with Crippen LogP contribution in [0.2, 0.25) is 0 Å². The molecule has 0 bridgehead atoms. The molecule has 0 unspecified atom stereocenters. The van der Waals surface area contributed by atoms with E-state index in [4.69, 9.17) is 4.74 Å². The van der Waals surface area contributed by atoms with Gasteiger partial charge in [-0.25, -0.2) is 4.79 Å². The van der Waals surface area contributed by atoms with Crippen molar-refractivity contribution in [3.05, 3.63) is 46.1 Å². The topological polar surface area (TPSA) is 111 Å². The number of amides is 1. The number of ether oxygens (including phenoxy) is 1. The van der Waals surface area contributed by atoms with Crippen LogP contribution < -0.4 is 10.6 Å². The monoisotopic (exact) mass is 400 g/mol. The Bertz CT molecular complexity index is 1030. The van der Waals surface area contributed by atoms with Crippen LogP contribution >= 0.6 is 11.3 Å². The predicted molar refractivity (Wildman–Crippen MR) is 106 cm³/mol. The second-order valence-corrected chi connectivity index (χ2v) is 7.29. The number of carbonyl (C=O) groups excluding carboxylic acids is 2. The van der Waals surface area contributed by atoms with Gasteiger partial charge < -0.3 is 15.4 Å². The summed E-state index contributed by atoms with van der Waals surface area (Å²) in [5.41, 5.74) is 2.74. The van der Waals surface area contributed by atoms with Crippen molar-refractivity contribution in [3.63, 3.8) is 0 Å². The van der Waals surface area contributed by atoms with Gasteiger partial charge in [0.2, 0.25) is 5.91 Å². The molecule has 0 atom stereocenters. The average molecular weight is 400 g/mol. The zero-order chi connectivity index (χ0) is 20.3. The predicted octanol–water partition coefficient (Wildman–Crippen LogP) is 2.49. The average Bonchev–Trinajstić information content (AvgIpc) is 3.23. The zero-order valence-electron chi connectivity index (χ0n) is 15.9. The van der Waals surface area contributed by atoms with Gasteiger partial charge in [0.15, 0.2) is 5.82 Å². The first-order chi connectivity index (χ1) is 13.4. The molecule has 28 heavy (non-hydrogen) atoms. The molecular formula is C18H20N6O3S. The van der Waals surface area contributed by atoms with Crippen molar-refractivity contribution in [2.24, 2.45) is 0 Å². The SMILES string of the molecule is COC(=O)c1c(NC(=O)CNc2cccc(-n3nnnc3C)c2)sc(C)c1C. The summed E-state index contributed by atoms with van der Waals surface area (Å²) in [4.78, 5) is 25.3. The van der Waals surface area contributed by atoms with Gasteiger partial charge in [0.1, 0.15) is 5.00 Å². The second-order valence-electron chi connectivity index (χ2n) is 6.07. The third-order valence-corrected chi connectivity index (χ3v) is 5.32. The van der Waals surface area contributed by atoms with Gasteiger partial charge in [0, 0.05) is 10.6 Å². The Morgan fingerprint density at radius 1 is 1.25 bits per heavy atom. The molecule has 9 nitrogen and oxygen atoms in total. The molecule has 1 amide bonds. The summed E-state index contributed by atoms with van der Waals surface area (Å²) < 4.78 is 6.42. The molecule has 3 aromatic rings. The van der Waals surface area contributed by atoms with E-state index in [0.717, 1.165) is 21.8 Å². The van der Waals surface area contributed by atoms with Gasteiger partial charge in [-0.1, -0.05) is 6.07 Å². The molecule has 146 valence electrons. The number of esters is 1. The first-order valence-corrected chi connectivity index (χ1v) is 9.29. The molecule has 0 fully saturated rings. The Morgan fingerprint density at radius 2 is 2.04 bits per heavy atom. The Hall–Kier alpha value is -3.27. The van der Waals surface area contributed by atoms with E-state index in [0.29, 0.717) is 16.4 Å². The zero-order valence-corrected chi connectivity index (χ0v) is 16.8. The van der Waals surface area contributed by atoms with Crippen molar-refractivity contribution in [2.75, 3.05) is 24.3 Å². The van der Waals surface area contributed by atoms with Crippen LogP contribution in [0.25, 0.3) is 5.69 Å². The molecule has 0 spiro atoms. The van der Waals surface area contributed by atoms with Gasteiger partial charge in [0.05, 0.1) is 24.9 Å². The number of aromatic nitrogens is 4. The van der Waals surface area contributed by atoms with E-state index in [-0.39, 0.29) is 12.5 Å². The normalized spacial score (nSPS) is 10.6. The summed E-state index contributed by atoms with van der Waals surface area (Å²) in [6.45, 7) is 5.57. The van der Waals surface area contributed by atoms with Gasteiger partial charge in [-0.05, 0) is 55.0 Å². The number of rotatable bonds is 6. The molecule has 0 aliphatic rings. The third kappa shape index (κ3) is 4.01. The number of aryl methyl sites for hydroxylation is 2. The number of methoxy groups -OCH3 is 1. The van der Waals surface area contributed by atoms with Gasteiger partial charge in [-0.2, -0.15) is 4.68 Å². The summed E-state index contributed by atoms with van der Waals surface area (Å²) in [5, 5.41) is 17.8. The number of anilines is 2. The molecule has 0 aliphatic carbocycles. The fourth-order valence-electron chi connectivity index (χ4n) is 2.63. The summed E-state index contributed by atoms with van der Waals surface area (Å²) in [6, 6.07) is 7.40. The van der Waals surface area contributed by atoms with Gasteiger partial charge in [-0.3, -0.25) is 4.79 Å². The molecule has 1 aromatic carbocycles. The highest BCUT2D eigenvalue weighted by Crippen LogP contribution is 2.32. The number of thiophene rings is 1. The molecule has 0 radical (unpaired) electrons. The molecule has 0 saturated heterocycles. The lowest BCUT2D eigenvalue weighted by Gasteiger charge is -2.09. The molecule has 3 rings (SSSR count). The lowest BCUT2D eigenvalue weighted by atomic mass is 10.1. The maximum Gasteiger partial charge on any atom is 0.341 e. The van der Waals surface area contributed by atoms with Crippen molar-refractivity contribution in [2.45, 2.75) is 20.8 Å². The number of nitrogens with zero attached hydrogens (tertiary/aromatic N) is 4. The maximum absolute atomic E-state index is 12.4. The van der Waals surface area contributed by atoms with E-state index in [1.807, 2.05) is 38.1 Å². The fourth-order valence-corrected chi connectivity index (χ4v) is 3.70. The molecule has 10 heteroatoms. The third-order valence-electron chi connectivity index (χ3n) is 4.20. The minimum absolute atomic E-state index is 0.0364. The highest BCUT2D eigenvalue weighted by molar-refractivity contribution is 7.16. The van der Waals surface area contributed by atoms with Crippen LogP contribution in [0, 0.1) is 20.8 Å². The number of benzene rings is 1. The van der Waals surface area contributed by atoms with Crippen LogP contribution in [0.4, 0.5) is 10.7 Å². The number of carbonyl (C=O) groups is 2. The van der Waals surface area contributed by atoms with Crippen molar-refractivity contribution in [1.82, 2.24) is 20.2 Å². The van der Waals surface area contributed by atoms with Gasteiger partial charge in [0.25, 0.3) is 0 Å². The lowest BCUT2D eigenvalue weighted by molar-refractivity contribution is -0.114. The van der Waals surface area contributed by atoms with E-state index in [9.17, 15) is 9.59 Å². The standard InChI is InChI=1S/C18H20N6O3S/c1-10-11(2)28-17(16(10)18(26)27-4)20-15(25)9-19-13-6-5-7-14(8-13)24-12(3)21-22-23-24/h5-8,19H,9H2,1-4H3,(H,20,25). The first kappa shape index (κ1) is 19.5. The minimum Gasteiger partial charge on any atom is -0.465 e. The summed E-state index contributed by atoms with van der Waals surface area (Å²) in [7, 11) is 1.32. The quantitative estimate of drug-likeness (QED) is 0.612. The van der Waals surface area contributed by atoms with Crippen LogP contribution in [0.1, 0.15) is 26.6 Å².